The first-order valence-corrected chi connectivity index (χ1v) is 9.97. The van der Waals surface area contributed by atoms with Crippen LogP contribution < -0.4 is 5.32 Å². The van der Waals surface area contributed by atoms with Crippen molar-refractivity contribution in [3.63, 3.8) is 0 Å². The summed E-state index contributed by atoms with van der Waals surface area (Å²) in [6.45, 7) is 4.15. The molecule has 0 spiro atoms. The zero-order valence-electron chi connectivity index (χ0n) is 14.3. The molecule has 1 aromatic carbocycles. The molecule has 0 atom stereocenters. The maximum atomic E-state index is 13.0. The molecule has 1 N–H and O–H groups in total. The lowest BCUT2D eigenvalue weighted by Crippen LogP contribution is -2.46. The summed E-state index contributed by atoms with van der Waals surface area (Å²) in [5, 5.41) is 3.26. The van der Waals surface area contributed by atoms with E-state index in [1.54, 1.807) is 28.6 Å². The standard InChI is InChI=1S/C17H26N2O4S/c1-3-12-19(15-8-10-18-11-9-15)24(21,22)13-14-6-4-5-7-16(14)17(20)23-2/h4-7,15,18H,3,8-13H2,1-2H3. The smallest absolute Gasteiger partial charge is 0.338 e. The average molecular weight is 354 g/mol. The lowest BCUT2D eigenvalue weighted by molar-refractivity contribution is 0.0600. The number of hydrogen-bond donors (Lipinski definition) is 1. The van der Waals surface area contributed by atoms with E-state index in [1.807, 2.05) is 6.92 Å². The van der Waals surface area contributed by atoms with Gasteiger partial charge in [-0.15, -0.1) is 0 Å². The van der Waals surface area contributed by atoms with E-state index in [9.17, 15) is 13.2 Å². The maximum absolute atomic E-state index is 13.0. The van der Waals surface area contributed by atoms with Gasteiger partial charge in [0.15, 0.2) is 0 Å². The number of piperidine rings is 1. The molecular formula is C17H26N2O4S. The van der Waals surface area contributed by atoms with Gasteiger partial charge in [0, 0.05) is 12.6 Å². The molecule has 7 heteroatoms. The van der Waals surface area contributed by atoms with E-state index in [0.29, 0.717) is 17.7 Å². The predicted octanol–water partition coefficient (Wildman–Crippen LogP) is 1.77. The highest BCUT2D eigenvalue weighted by Gasteiger charge is 2.31. The fourth-order valence-electron chi connectivity index (χ4n) is 3.10. The van der Waals surface area contributed by atoms with Crippen molar-refractivity contribution in [2.75, 3.05) is 26.7 Å². The van der Waals surface area contributed by atoms with Gasteiger partial charge >= 0.3 is 5.97 Å². The third-order valence-electron chi connectivity index (χ3n) is 4.28. The van der Waals surface area contributed by atoms with Crippen LogP contribution in [-0.4, -0.2) is 51.5 Å². The second-order valence-electron chi connectivity index (χ2n) is 6.00. The summed E-state index contributed by atoms with van der Waals surface area (Å²) >= 11 is 0. The van der Waals surface area contributed by atoms with Gasteiger partial charge in [-0.25, -0.2) is 13.2 Å². The molecule has 0 amide bonds. The van der Waals surface area contributed by atoms with E-state index in [4.69, 9.17) is 4.74 Å². The molecule has 1 fully saturated rings. The van der Waals surface area contributed by atoms with Gasteiger partial charge in [-0.1, -0.05) is 25.1 Å². The number of methoxy groups -OCH3 is 1. The highest BCUT2D eigenvalue weighted by Crippen LogP contribution is 2.22. The summed E-state index contributed by atoms with van der Waals surface area (Å²) in [6, 6.07) is 6.76. The molecule has 0 aromatic heterocycles. The molecule has 24 heavy (non-hydrogen) atoms. The van der Waals surface area contributed by atoms with Crippen LogP contribution in [0.4, 0.5) is 0 Å². The second-order valence-corrected chi connectivity index (χ2v) is 7.92. The third kappa shape index (κ3) is 4.55. The number of carbonyl (C=O) groups is 1. The molecule has 0 radical (unpaired) electrons. The molecule has 6 nitrogen and oxygen atoms in total. The van der Waals surface area contributed by atoms with Crippen LogP contribution in [0, 0.1) is 0 Å². The van der Waals surface area contributed by atoms with Crippen molar-refractivity contribution in [1.29, 1.82) is 0 Å². The predicted molar refractivity (Wildman–Crippen MR) is 93.3 cm³/mol. The van der Waals surface area contributed by atoms with E-state index >= 15 is 0 Å². The highest BCUT2D eigenvalue weighted by molar-refractivity contribution is 7.88. The number of ether oxygens (including phenoxy) is 1. The Bertz CT molecular complexity index is 654. The molecule has 134 valence electrons. The molecular weight excluding hydrogens is 328 g/mol. The summed E-state index contributed by atoms with van der Waals surface area (Å²) in [5.74, 6) is -0.688. The van der Waals surface area contributed by atoms with Crippen LogP contribution in [0.15, 0.2) is 24.3 Å². The van der Waals surface area contributed by atoms with Gasteiger partial charge in [0.2, 0.25) is 10.0 Å². The van der Waals surface area contributed by atoms with E-state index in [2.05, 4.69) is 5.32 Å². The number of sulfonamides is 1. The first-order valence-electron chi connectivity index (χ1n) is 8.36. The van der Waals surface area contributed by atoms with Crippen LogP contribution in [0.5, 0.6) is 0 Å². The Kier molecular flexibility index (Phi) is 6.77. The summed E-state index contributed by atoms with van der Waals surface area (Å²) in [5.41, 5.74) is 0.796. The van der Waals surface area contributed by atoms with Gasteiger partial charge in [0.1, 0.15) is 0 Å². The highest BCUT2D eigenvalue weighted by atomic mass is 32.2. The Morgan fingerprint density at radius 3 is 2.58 bits per heavy atom. The Hall–Kier alpha value is -1.44. The van der Waals surface area contributed by atoms with E-state index in [0.717, 1.165) is 32.4 Å². The number of rotatable bonds is 7. The molecule has 1 saturated heterocycles. The first kappa shape index (κ1) is 18.9. The Balaban J connectivity index is 2.26. The van der Waals surface area contributed by atoms with E-state index in [-0.39, 0.29) is 11.8 Å². The van der Waals surface area contributed by atoms with Crippen molar-refractivity contribution in [3.8, 4) is 0 Å². The van der Waals surface area contributed by atoms with Crippen molar-refractivity contribution in [1.82, 2.24) is 9.62 Å². The zero-order valence-corrected chi connectivity index (χ0v) is 15.1. The van der Waals surface area contributed by atoms with Crippen LogP contribution in [0.3, 0.4) is 0 Å². The van der Waals surface area contributed by atoms with Gasteiger partial charge < -0.3 is 10.1 Å². The zero-order chi connectivity index (χ0) is 17.6. The van der Waals surface area contributed by atoms with Gasteiger partial charge in [0.25, 0.3) is 0 Å². The minimum absolute atomic E-state index is 0.0292. The summed E-state index contributed by atoms with van der Waals surface area (Å²) in [7, 11) is -2.21. The molecule has 0 bridgehead atoms. The molecule has 1 aliphatic rings. The van der Waals surface area contributed by atoms with Gasteiger partial charge in [0.05, 0.1) is 18.4 Å². The van der Waals surface area contributed by atoms with E-state index < -0.39 is 16.0 Å². The van der Waals surface area contributed by atoms with Crippen molar-refractivity contribution in [2.45, 2.75) is 38.0 Å². The normalized spacial score (nSPS) is 16.3. The Labute approximate surface area is 144 Å². The molecule has 0 aliphatic carbocycles. The number of hydrogen-bond acceptors (Lipinski definition) is 5. The Morgan fingerprint density at radius 2 is 1.96 bits per heavy atom. The topological polar surface area (TPSA) is 75.7 Å². The molecule has 0 unspecified atom stereocenters. The monoisotopic (exact) mass is 354 g/mol. The summed E-state index contributed by atoms with van der Waals surface area (Å²) in [6.07, 6.45) is 2.40. The lowest BCUT2D eigenvalue weighted by Gasteiger charge is -2.33. The van der Waals surface area contributed by atoms with Crippen LogP contribution >= 0.6 is 0 Å². The average Bonchev–Trinajstić information content (AvgIpc) is 2.59. The van der Waals surface area contributed by atoms with Crippen molar-refractivity contribution in [2.24, 2.45) is 0 Å². The molecule has 2 rings (SSSR count). The quantitative estimate of drug-likeness (QED) is 0.755. The molecule has 1 aromatic rings. The van der Waals surface area contributed by atoms with Gasteiger partial charge in [-0.3, -0.25) is 0 Å². The lowest BCUT2D eigenvalue weighted by atomic mass is 10.1. The summed E-state index contributed by atoms with van der Waals surface area (Å²) < 4.78 is 32.4. The minimum atomic E-state index is -3.50. The summed E-state index contributed by atoms with van der Waals surface area (Å²) in [4.78, 5) is 11.9. The van der Waals surface area contributed by atoms with Crippen molar-refractivity contribution in [3.05, 3.63) is 35.4 Å². The fourth-order valence-corrected chi connectivity index (χ4v) is 5.03. The number of carbonyl (C=O) groups excluding carboxylic acids is 1. The Morgan fingerprint density at radius 1 is 1.29 bits per heavy atom. The molecule has 0 saturated carbocycles. The van der Waals surface area contributed by atoms with Crippen LogP contribution in [-0.2, 0) is 20.5 Å². The van der Waals surface area contributed by atoms with Gasteiger partial charge in [-0.05, 0) is 44.0 Å². The van der Waals surface area contributed by atoms with Gasteiger partial charge in [-0.2, -0.15) is 4.31 Å². The van der Waals surface area contributed by atoms with Crippen LogP contribution in [0.1, 0.15) is 42.1 Å². The maximum Gasteiger partial charge on any atom is 0.338 e. The number of nitrogens with one attached hydrogen (secondary N) is 1. The van der Waals surface area contributed by atoms with Crippen LogP contribution in [0.25, 0.3) is 0 Å². The fraction of sp³-hybridized carbons (Fsp3) is 0.588. The second kappa shape index (κ2) is 8.60. The molecule has 1 aliphatic heterocycles. The number of esters is 1. The SMILES string of the molecule is CCCN(C1CCNCC1)S(=O)(=O)Cc1ccccc1C(=O)OC. The van der Waals surface area contributed by atoms with E-state index in [1.165, 1.54) is 7.11 Å². The first-order chi connectivity index (χ1) is 11.5. The number of nitrogens with zero attached hydrogens (tertiary/aromatic N) is 1. The van der Waals surface area contributed by atoms with Crippen molar-refractivity contribution >= 4 is 16.0 Å². The van der Waals surface area contributed by atoms with Crippen LogP contribution in [0.2, 0.25) is 0 Å². The van der Waals surface area contributed by atoms with Crippen molar-refractivity contribution < 1.29 is 17.9 Å². The molecule has 1 heterocycles. The third-order valence-corrected chi connectivity index (χ3v) is 6.15. The minimum Gasteiger partial charge on any atom is -0.465 e. The largest absolute Gasteiger partial charge is 0.465 e. The number of benzene rings is 1.